The Morgan fingerprint density at radius 1 is 1.12 bits per heavy atom. The number of ether oxygens (including phenoxy) is 1. The van der Waals surface area contributed by atoms with Crippen LogP contribution in [-0.4, -0.2) is 41.5 Å². The van der Waals surface area contributed by atoms with Crippen LogP contribution in [0.15, 0.2) is 58.1 Å². The van der Waals surface area contributed by atoms with E-state index in [2.05, 4.69) is 81.4 Å². The van der Waals surface area contributed by atoms with Gasteiger partial charge in [0, 0.05) is 42.4 Å². The van der Waals surface area contributed by atoms with Crippen molar-refractivity contribution < 1.29 is 4.74 Å². The highest BCUT2D eigenvalue weighted by Gasteiger charge is 2.51. The highest BCUT2D eigenvalue weighted by atomic mass is 79.9. The Morgan fingerprint density at radius 3 is 2.65 bits per heavy atom. The van der Waals surface area contributed by atoms with Crippen molar-refractivity contribution in [3.63, 3.8) is 0 Å². The van der Waals surface area contributed by atoms with Gasteiger partial charge < -0.3 is 9.64 Å². The van der Waals surface area contributed by atoms with Crippen molar-refractivity contribution >= 4 is 21.6 Å². The molecule has 1 fully saturated rings. The fourth-order valence-corrected chi connectivity index (χ4v) is 4.74. The fraction of sp³-hybridized carbons (Fsp3) is 0.381. The smallest absolute Gasteiger partial charge is 0.200 e. The highest BCUT2D eigenvalue weighted by Crippen LogP contribution is 2.50. The molecule has 5 heteroatoms. The second-order valence-electron chi connectivity index (χ2n) is 7.51. The number of benzene rings is 2. The van der Waals surface area contributed by atoms with Gasteiger partial charge in [-0.1, -0.05) is 46.3 Å². The third kappa shape index (κ3) is 2.57. The monoisotopic (exact) mass is 411 g/mol. The SMILES string of the molecule is CN1CCC2(CC1)Oc1ccc(Br)cc1[C@H]1CC(c3ccccc3)=NN12. The largest absolute Gasteiger partial charge is 0.466 e. The van der Waals surface area contributed by atoms with Crippen molar-refractivity contribution in [2.45, 2.75) is 31.0 Å². The zero-order valence-corrected chi connectivity index (χ0v) is 16.4. The van der Waals surface area contributed by atoms with E-state index in [1.54, 1.807) is 0 Å². The number of halogens is 1. The molecule has 3 aliphatic heterocycles. The summed E-state index contributed by atoms with van der Waals surface area (Å²) in [5.41, 5.74) is 3.28. The van der Waals surface area contributed by atoms with E-state index in [4.69, 9.17) is 9.84 Å². The summed E-state index contributed by atoms with van der Waals surface area (Å²) < 4.78 is 7.72. The molecule has 134 valence electrons. The van der Waals surface area contributed by atoms with Crippen molar-refractivity contribution in [1.82, 2.24) is 9.91 Å². The summed E-state index contributed by atoms with van der Waals surface area (Å²) in [5, 5.41) is 7.38. The van der Waals surface area contributed by atoms with Gasteiger partial charge in [0.2, 0.25) is 5.72 Å². The zero-order chi connectivity index (χ0) is 17.7. The predicted molar refractivity (Wildman–Crippen MR) is 106 cm³/mol. The van der Waals surface area contributed by atoms with Crippen molar-refractivity contribution in [2.75, 3.05) is 20.1 Å². The molecule has 0 amide bonds. The maximum Gasteiger partial charge on any atom is 0.200 e. The summed E-state index contributed by atoms with van der Waals surface area (Å²) in [6.45, 7) is 2.07. The molecule has 0 unspecified atom stereocenters. The van der Waals surface area contributed by atoms with E-state index in [9.17, 15) is 0 Å². The first-order chi connectivity index (χ1) is 12.6. The molecular formula is C21H22BrN3O. The topological polar surface area (TPSA) is 28.1 Å². The van der Waals surface area contributed by atoms with Gasteiger partial charge in [-0.3, -0.25) is 0 Å². The summed E-state index contributed by atoms with van der Waals surface area (Å²) >= 11 is 3.62. The lowest BCUT2D eigenvalue weighted by molar-refractivity contribution is -0.147. The first kappa shape index (κ1) is 16.3. The normalized spacial score (nSPS) is 24.0. The zero-order valence-electron chi connectivity index (χ0n) is 14.9. The van der Waals surface area contributed by atoms with Crippen molar-refractivity contribution in [3.05, 3.63) is 64.1 Å². The van der Waals surface area contributed by atoms with Gasteiger partial charge in [0.1, 0.15) is 5.75 Å². The molecule has 5 rings (SSSR count). The molecule has 2 aromatic rings. The number of nitrogens with zero attached hydrogens (tertiary/aromatic N) is 3. The number of hydrogen-bond donors (Lipinski definition) is 0. The molecule has 3 heterocycles. The van der Waals surface area contributed by atoms with Crippen LogP contribution < -0.4 is 4.74 Å². The summed E-state index contributed by atoms with van der Waals surface area (Å²) in [4.78, 5) is 2.37. The average Bonchev–Trinajstić information content (AvgIpc) is 3.12. The molecule has 0 aromatic heterocycles. The number of rotatable bonds is 1. The average molecular weight is 412 g/mol. The Balaban J connectivity index is 1.60. The summed E-state index contributed by atoms with van der Waals surface area (Å²) in [5.74, 6) is 1.02. The first-order valence-corrected chi connectivity index (χ1v) is 10.0. The molecule has 4 nitrogen and oxygen atoms in total. The maximum atomic E-state index is 6.63. The van der Waals surface area contributed by atoms with Crippen LogP contribution in [0.4, 0.5) is 0 Å². The van der Waals surface area contributed by atoms with Crippen LogP contribution in [-0.2, 0) is 0 Å². The number of piperidine rings is 1. The van der Waals surface area contributed by atoms with E-state index in [1.807, 2.05) is 0 Å². The Bertz CT molecular complexity index is 859. The summed E-state index contributed by atoms with van der Waals surface area (Å²) in [6, 6.07) is 17.2. The van der Waals surface area contributed by atoms with Crippen molar-refractivity contribution in [2.24, 2.45) is 5.10 Å². The van der Waals surface area contributed by atoms with Crippen LogP contribution in [0.2, 0.25) is 0 Å². The Kier molecular flexibility index (Phi) is 3.83. The minimum atomic E-state index is -0.325. The lowest BCUT2D eigenvalue weighted by Crippen LogP contribution is -2.58. The van der Waals surface area contributed by atoms with Crippen LogP contribution in [0, 0.1) is 0 Å². The molecule has 0 bridgehead atoms. The number of fused-ring (bicyclic) bond motifs is 4. The van der Waals surface area contributed by atoms with Crippen LogP contribution >= 0.6 is 15.9 Å². The number of hydrogen-bond acceptors (Lipinski definition) is 4. The van der Waals surface area contributed by atoms with Crippen LogP contribution in [0.5, 0.6) is 5.75 Å². The second-order valence-corrected chi connectivity index (χ2v) is 8.43. The molecule has 26 heavy (non-hydrogen) atoms. The Hall–Kier alpha value is -1.85. The molecule has 0 aliphatic carbocycles. The standard InChI is InChI=1S/C21H22BrN3O/c1-24-11-9-21(10-12-24)25-19(17-13-16(22)7-8-20(17)26-21)14-18(23-25)15-5-3-2-4-6-15/h2-8,13,19H,9-12,14H2,1H3/t19-/m1/s1. The molecule has 1 atom stereocenters. The summed E-state index contributed by atoms with van der Waals surface area (Å²) in [7, 11) is 2.18. The minimum Gasteiger partial charge on any atom is -0.466 e. The van der Waals surface area contributed by atoms with Gasteiger partial charge in [-0.2, -0.15) is 5.10 Å². The van der Waals surface area contributed by atoms with Gasteiger partial charge in [-0.25, -0.2) is 5.01 Å². The molecule has 0 saturated carbocycles. The van der Waals surface area contributed by atoms with E-state index < -0.39 is 0 Å². The van der Waals surface area contributed by atoms with E-state index in [0.717, 1.165) is 48.3 Å². The van der Waals surface area contributed by atoms with Crippen molar-refractivity contribution in [3.8, 4) is 5.75 Å². The van der Waals surface area contributed by atoms with E-state index in [0.29, 0.717) is 0 Å². The van der Waals surface area contributed by atoms with Gasteiger partial charge in [0.05, 0.1) is 11.8 Å². The third-order valence-corrected chi connectivity index (χ3v) is 6.33. The molecule has 0 N–H and O–H groups in total. The molecule has 2 aromatic carbocycles. The quantitative estimate of drug-likeness (QED) is 0.695. The van der Waals surface area contributed by atoms with Crippen molar-refractivity contribution in [1.29, 1.82) is 0 Å². The molecule has 1 saturated heterocycles. The van der Waals surface area contributed by atoms with Gasteiger partial charge in [0.15, 0.2) is 0 Å². The minimum absolute atomic E-state index is 0.245. The van der Waals surface area contributed by atoms with Crippen LogP contribution in [0.25, 0.3) is 0 Å². The van der Waals surface area contributed by atoms with E-state index >= 15 is 0 Å². The number of likely N-dealkylation sites (tertiary alicyclic amines) is 1. The second kappa shape index (κ2) is 6.10. The van der Waals surface area contributed by atoms with Crippen LogP contribution in [0.1, 0.15) is 36.4 Å². The molecular weight excluding hydrogens is 390 g/mol. The summed E-state index contributed by atoms with van der Waals surface area (Å²) in [6.07, 6.45) is 2.87. The van der Waals surface area contributed by atoms with Gasteiger partial charge in [-0.15, -0.1) is 0 Å². The fourth-order valence-electron chi connectivity index (χ4n) is 4.36. The van der Waals surface area contributed by atoms with E-state index in [1.165, 1.54) is 11.1 Å². The lowest BCUT2D eigenvalue weighted by Gasteiger charge is -2.50. The highest BCUT2D eigenvalue weighted by molar-refractivity contribution is 9.10. The Morgan fingerprint density at radius 2 is 1.88 bits per heavy atom. The molecule has 1 spiro atoms. The predicted octanol–water partition coefficient (Wildman–Crippen LogP) is 4.41. The Labute approximate surface area is 162 Å². The molecule has 3 aliphatic rings. The molecule has 0 radical (unpaired) electrons. The van der Waals surface area contributed by atoms with Gasteiger partial charge >= 0.3 is 0 Å². The number of hydrazone groups is 1. The van der Waals surface area contributed by atoms with Gasteiger partial charge in [0.25, 0.3) is 0 Å². The van der Waals surface area contributed by atoms with Crippen LogP contribution in [0.3, 0.4) is 0 Å². The lowest BCUT2D eigenvalue weighted by atomic mass is 9.91. The first-order valence-electron chi connectivity index (χ1n) is 9.24. The van der Waals surface area contributed by atoms with E-state index in [-0.39, 0.29) is 11.8 Å². The maximum absolute atomic E-state index is 6.63. The van der Waals surface area contributed by atoms with Gasteiger partial charge in [-0.05, 0) is 30.8 Å². The third-order valence-electron chi connectivity index (χ3n) is 5.83.